The van der Waals surface area contributed by atoms with Crippen LogP contribution in [0.3, 0.4) is 0 Å². The van der Waals surface area contributed by atoms with Gasteiger partial charge in [-0.2, -0.15) is 8.78 Å². The summed E-state index contributed by atoms with van der Waals surface area (Å²) in [5.74, 6) is -4.64. The summed E-state index contributed by atoms with van der Waals surface area (Å²) in [5, 5.41) is 2.15. The molecule has 1 aromatic rings. The Morgan fingerprint density at radius 1 is 1.43 bits per heavy atom. The molecule has 0 aliphatic rings. The average Bonchev–Trinajstić information content (AvgIpc) is 2.07. The van der Waals surface area contributed by atoms with Crippen LogP contribution in [0.1, 0.15) is 6.92 Å². The third-order valence-corrected chi connectivity index (χ3v) is 2.46. The van der Waals surface area contributed by atoms with Crippen molar-refractivity contribution in [3.63, 3.8) is 0 Å². The van der Waals surface area contributed by atoms with E-state index in [1.54, 1.807) is 24.3 Å². The number of para-hydroxylation sites is 1. The van der Waals surface area contributed by atoms with Gasteiger partial charge in [0.1, 0.15) is 0 Å². The fourth-order valence-corrected chi connectivity index (χ4v) is 1.32. The maximum absolute atomic E-state index is 12.5. The van der Waals surface area contributed by atoms with Crippen molar-refractivity contribution in [1.82, 2.24) is 0 Å². The van der Waals surface area contributed by atoms with Gasteiger partial charge in [0.15, 0.2) is 0 Å². The highest BCUT2D eigenvalue weighted by Gasteiger charge is 2.32. The van der Waals surface area contributed by atoms with Crippen molar-refractivity contribution >= 4 is 34.2 Å². The Morgan fingerprint density at radius 2 is 2.00 bits per heavy atom. The molecule has 0 saturated heterocycles. The zero-order chi connectivity index (χ0) is 10.8. The quantitative estimate of drug-likeness (QED) is 0.836. The van der Waals surface area contributed by atoms with Gasteiger partial charge in [0.2, 0.25) is 0 Å². The minimum atomic E-state index is -3.35. The topological polar surface area (TPSA) is 29.1 Å². The molecule has 0 radical (unpaired) electrons. The third kappa shape index (κ3) is 2.90. The van der Waals surface area contributed by atoms with Crippen LogP contribution >= 0.6 is 22.6 Å². The second-order valence-electron chi connectivity index (χ2n) is 2.82. The van der Waals surface area contributed by atoms with E-state index in [0.717, 1.165) is 3.57 Å². The smallest absolute Gasteiger partial charge is 0.320 e. The lowest BCUT2D eigenvalue weighted by atomic mass is 10.3. The Kier molecular flexibility index (Phi) is 3.41. The summed E-state index contributed by atoms with van der Waals surface area (Å²) in [4.78, 5) is 10.9. The highest BCUT2D eigenvalue weighted by atomic mass is 127. The largest absolute Gasteiger partial charge is 0.322 e. The van der Waals surface area contributed by atoms with Crippen LogP contribution in [0.15, 0.2) is 24.3 Å². The van der Waals surface area contributed by atoms with Crippen molar-refractivity contribution in [1.29, 1.82) is 0 Å². The van der Waals surface area contributed by atoms with E-state index in [1.807, 2.05) is 22.6 Å². The van der Waals surface area contributed by atoms with E-state index in [4.69, 9.17) is 0 Å². The number of halogens is 3. The summed E-state index contributed by atoms with van der Waals surface area (Å²) < 4.78 is 25.8. The predicted octanol–water partition coefficient (Wildman–Crippen LogP) is 2.88. The van der Waals surface area contributed by atoms with Crippen LogP contribution in [0.25, 0.3) is 0 Å². The fourth-order valence-electron chi connectivity index (χ4n) is 0.795. The minimum Gasteiger partial charge on any atom is -0.320 e. The Morgan fingerprint density at radius 3 is 2.50 bits per heavy atom. The standard InChI is InChI=1S/C9H8F2INO/c1-9(10,11)8(14)13-7-5-3-2-4-6(7)12/h2-5H,1H3,(H,13,14). The third-order valence-electron chi connectivity index (χ3n) is 1.52. The van der Waals surface area contributed by atoms with Crippen molar-refractivity contribution in [2.24, 2.45) is 0 Å². The number of anilines is 1. The van der Waals surface area contributed by atoms with Gasteiger partial charge in [-0.25, -0.2) is 0 Å². The van der Waals surface area contributed by atoms with Crippen LogP contribution in [0.4, 0.5) is 14.5 Å². The molecule has 5 heteroatoms. The van der Waals surface area contributed by atoms with Gasteiger partial charge in [0.05, 0.1) is 5.69 Å². The summed E-state index contributed by atoms with van der Waals surface area (Å²) in [6.07, 6.45) is 0. The SMILES string of the molecule is CC(F)(F)C(=O)Nc1ccccc1I. The molecule has 0 bridgehead atoms. The number of carbonyl (C=O) groups is 1. The Hall–Kier alpha value is -0.720. The highest BCUT2D eigenvalue weighted by molar-refractivity contribution is 14.1. The van der Waals surface area contributed by atoms with Crippen molar-refractivity contribution in [3.05, 3.63) is 27.8 Å². The number of rotatable bonds is 2. The van der Waals surface area contributed by atoms with E-state index in [-0.39, 0.29) is 0 Å². The lowest BCUT2D eigenvalue weighted by Gasteiger charge is -2.11. The zero-order valence-electron chi connectivity index (χ0n) is 7.35. The lowest BCUT2D eigenvalue weighted by Crippen LogP contribution is -2.31. The molecular weight excluding hydrogens is 303 g/mol. The number of nitrogens with one attached hydrogen (secondary N) is 1. The molecule has 0 aromatic heterocycles. The van der Waals surface area contributed by atoms with E-state index < -0.39 is 11.8 Å². The number of amides is 1. The number of hydrogen-bond acceptors (Lipinski definition) is 1. The molecule has 2 nitrogen and oxygen atoms in total. The average molecular weight is 311 g/mol. The summed E-state index contributed by atoms with van der Waals surface area (Å²) >= 11 is 1.96. The zero-order valence-corrected chi connectivity index (χ0v) is 9.51. The lowest BCUT2D eigenvalue weighted by molar-refractivity contribution is -0.137. The molecule has 0 saturated carbocycles. The normalized spacial score (nSPS) is 11.1. The van der Waals surface area contributed by atoms with E-state index in [1.165, 1.54) is 0 Å². The highest BCUT2D eigenvalue weighted by Crippen LogP contribution is 2.20. The number of carbonyl (C=O) groups excluding carboxylic acids is 1. The first-order chi connectivity index (χ1) is 6.41. The van der Waals surface area contributed by atoms with E-state index >= 15 is 0 Å². The molecule has 0 spiro atoms. The molecule has 1 aromatic carbocycles. The predicted molar refractivity (Wildman–Crippen MR) is 58.4 cm³/mol. The second-order valence-corrected chi connectivity index (χ2v) is 3.98. The van der Waals surface area contributed by atoms with Gasteiger partial charge in [-0.05, 0) is 34.7 Å². The molecular formula is C9H8F2INO. The summed E-state index contributed by atoms with van der Waals surface area (Å²) in [6, 6.07) is 6.74. The molecule has 0 fully saturated rings. The van der Waals surface area contributed by atoms with Crippen LogP contribution in [0, 0.1) is 3.57 Å². The Balaban J connectivity index is 2.80. The molecule has 1 amide bonds. The van der Waals surface area contributed by atoms with Crippen molar-refractivity contribution in [2.75, 3.05) is 5.32 Å². The van der Waals surface area contributed by atoms with Crippen molar-refractivity contribution < 1.29 is 13.6 Å². The minimum absolute atomic E-state index is 0.402. The summed E-state index contributed by atoms with van der Waals surface area (Å²) in [6.45, 7) is 0.568. The maximum atomic E-state index is 12.5. The van der Waals surface area contributed by atoms with Crippen LogP contribution in [-0.4, -0.2) is 11.8 Å². The molecule has 0 atom stereocenters. The van der Waals surface area contributed by atoms with Gasteiger partial charge >= 0.3 is 5.92 Å². The number of benzene rings is 1. The van der Waals surface area contributed by atoms with E-state index in [9.17, 15) is 13.6 Å². The molecule has 0 aliphatic carbocycles. The van der Waals surface area contributed by atoms with E-state index in [0.29, 0.717) is 12.6 Å². The van der Waals surface area contributed by atoms with Gasteiger partial charge in [0.25, 0.3) is 5.91 Å². The first-order valence-electron chi connectivity index (χ1n) is 3.85. The maximum Gasteiger partial charge on any atom is 0.322 e. The number of alkyl halides is 2. The molecule has 14 heavy (non-hydrogen) atoms. The van der Waals surface area contributed by atoms with Gasteiger partial charge < -0.3 is 5.32 Å². The summed E-state index contributed by atoms with van der Waals surface area (Å²) in [5.41, 5.74) is 0.402. The van der Waals surface area contributed by atoms with Crippen LogP contribution < -0.4 is 5.32 Å². The Labute approximate surface area is 93.8 Å². The first-order valence-corrected chi connectivity index (χ1v) is 4.93. The second kappa shape index (κ2) is 4.20. The Bertz CT molecular complexity index is 349. The van der Waals surface area contributed by atoms with E-state index in [2.05, 4.69) is 5.32 Å². The first kappa shape index (κ1) is 11.4. The summed E-state index contributed by atoms with van der Waals surface area (Å²) in [7, 11) is 0. The van der Waals surface area contributed by atoms with Crippen molar-refractivity contribution in [3.8, 4) is 0 Å². The van der Waals surface area contributed by atoms with Crippen LogP contribution in [0.5, 0.6) is 0 Å². The van der Waals surface area contributed by atoms with Crippen LogP contribution in [-0.2, 0) is 4.79 Å². The van der Waals surface area contributed by atoms with Crippen LogP contribution in [0.2, 0.25) is 0 Å². The number of hydrogen-bond donors (Lipinski definition) is 1. The van der Waals surface area contributed by atoms with Crippen molar-refractivity contribution in [2.45, 2.75) is 12.8 Å². The fraction of sp³-hybridized carbons (Fsp3) is 0.222. The van der Waals surface area contributed by atoms with Gasteiger partial charge in [0, 0.05) is 10.5 Å². The van der Waals surface area contributed by atoms with Gasteiger partial charge in [-0.3, -0.25) is 4.79 Å². The molecule has 1 rings (SSSR count). The molecule has 0 unspecified atom stereocenters. The van der Waals surface area contributed by atoms with Gasteiger partial charge in [-0.1, -0.05) is 12.1 Å². The molecule has 1 N–H and O–H groups in total. The van der Waals surface area contributed by atoms with Gasteiger partial charge in [-0.15, -0.1) is 0 Å². The molecule has 0 heterocycles. The monoisotopic (exact) mass is 311 g/mol. The molecule has 0 aliphatic heterocycles. The molecule has 76 valence electrons.